The van der Waals surface area contributed by atoms with E-state index in [1.54, 1.807) is 17.8 Å². The molecule has 17 heteroatoms. The van der Waals surface area contributed by atoms with Crippen molar-refractivity contribution in [3.63, 3.8) is 0 Å². The van der Waals surface area contributed by atoms with Crippen LogP contribution < -0.4 is 15.8 Å². The third kappa shape index (κ3) is 5.94. The predicted molar refractivity (Wildman–Crippen MR) is 167 cm³/mol. The number of furan rings is 1. The number of amides is 2. The summed E-state index contributed by atoms with van der Waals surface area (Å²) in [6.07, 6.45) is -1.21. The van der Waals surface area contributed by atoms with E-state index in [1.807, 2.05) is 6.92 Å². The number of nitrogens with one attached hydrogen (secondary N) is 1. The zero-order valence-electron chi connectivity index (χ0n) is 22.4. The number of carbonyl (C=O) groups excluding carboxylic acids is 2. The Labute approximate surface area is 276 Å². The number of benzene rings is 1. The number of ether oxygens (including phenoxy) is 1. The smallest absolute Gasteiger partial charge is 0.291 e. The lowest BCUT2D eigenvalue weighted by atomic mass is 10.0. The summed E-state index contributed by atoms with van der Waals surface area (Å²) in [4.78, 5) is 29.8. The second-order valence-electron chi connectivity index (χ2n) is 9.14. The van der Waals surface area contributed by atoms with E-state index in [0.717, 1.165) is 11.3 Å². The van der Waals surface area contributed by atoms with Gasteiger partial charge < -0.3 is 20.2 Å². The average Bonchev–Trinajstić information content (AvgIpc) is 3.71. The number of aryl methyl sites for hydroxylation is 2. The van der Waals surface area contributed by atoms with Gasteiger partial charge in [-0.3, -0.25) is 14.3 Å². The largest absolute Gasteiger partial charge is 0.482 e. The number of fused-ring (bicyclic) bond motifs is 1. The molecule has 3 N–H and O–H groups in total. The van der Waals surface area contributed by atoms with Gasteiger partial charge in [0.15, 0.2) is 11.5 Å². The van der Waals surface area contributed by atoms with Crippen LogP contribution in [0, 0.1) is 6.92 Å². The first-order valence-electron chi connectivity index (χ1n) is 12.5. The fourth-order valence-electron chi connectivity index (χ4n) is 4.29. The highest BCUT2D eigenvalue weighted by Crippen LogP contribution is 2.48. The highest BCUT2D eigenvalue weighted by molar-refractivity contribution is 7.21. The fraction of sp³-hybridized carbons (Fsp3) is 0.185. The Bertz CT molecular complexity index is 1930. The van der Waals surface area contributed by atoms with Crippen molar-refractivity contribution < 1.29 is 27.5 Å². The Morgan fingerprint density at radius 2 is 1.75 bits per heavy atom. The first-order valence-corrected chi connectivity index (χ1v) is 15.2. The van der Waals surface area contributed by atoms with Crippen LogP contribution in [0.15, 0.2) is 28.8 Å². The molecular formula is C27H18Cl5F2N5O4S. The number of anilines is 1. The first kappa shape index (κ1) is 32.3. The molecular weight excluding hydrogens is 706 g/mol. The highest BCUT2D eigenvalue weighted by atomic mass is 35.5. The lowest BCUT2D eigenvalue weighted by molar-refractivity contribution is 0.0992. The van der Waals surface area contributed by atoms with Gasteiger partial charge in [-0.2, -0.15) is 5.10 Å². The van der Waals surface area contributed by atoms with Crippen LogP contribution in [0.2, 0.25) is 25.1 Å². The van der Waals surface area contributed by atoms with Gasteiger partial charge in [-0.1, -0.05) is 58.0 Å². The summed E-state index contributed by atoms with van der Waals surface area (Å²) in [7, 11) is 0. The maximum absolute atomic E-state index is 13.8. The third-order valence-corrected chi connectivity index (χ3v) is 9.68. The van der Waals surface area contributed by atoms with Crippen molar-refractivity contribution in [2.45, 2.75) is 33.4 Å². The topological polar surface area (TPSA) is 125 Å². The quantitative estimate of drug-likeness (QED) is 0.115. The van der Waals surface area contributed by atoms with E-state index in [4.69, 9.17) is 72.9 Å². The number of hydrogen-bond donors (Lipinski definition) is 2. The molecule has 0 radical (unpaired) electrons. The molecule has 4 aromatic heterocycles. The van der Waals surface area contributed by atoms with Gasteiger partial charge in [0, 0.05) is 23.7 Å². The van der Waals surface area contributed by atoms with E-state index in [1.165, 1.54) is 18.2 Å². The van der Waals surface area contributed by atoms with Crippen LogP contribution in [0.3, 0.4) is 0 Å². The maximum Gasteiger partial charge on any atom is 0.291 e. The number of hydrogen-bond acceptors (Lipinski definition) is 7. The van der Waals surface area contributed by atoms with Crippen LogP contribution >= 0.6 is 69.3 Å². The Morgan fingerprint density at radius 1 is 1.09 bits per heavy atom. The van der Waals surface area contributed by atoms with E-state index in [-0.39, 0.29) is 69.8 Å². The van der Waals surface area contributed by atoms with E-state index in [2.05, 4.69) is 15.4 Å². The van der Waals surface area contributed by atoms with Crippen molar-refractivity contribution in [3.8, 4) is 16.9 Å². The fourth-order valence-corrected chi connectivity index (χ4v) is 6.53. The van der Waals surface area contributed by atoms with Crippen molar-refractivity contribution in [1.29, 1.82) is 0 Å². The van der Waals surface area contributed by atoms with Crippen molar-refractivity contribution in [1.82, 2.24) is 14.8 Å². The lowest BCUT2D eigenvalue weighted by Crippen LogP contribution is -2.16. The van der Waals surface area contributed by atoms with E-state index in [9.17, 15) is 18.4 Å². The third-order valence-electron chi connectivity index (χ3n) is 6.34. The van der Waals surface area contributed by atoms with Gasteiger partial charge in [0.1, 0.15) is 37.8 Å². The molecule has 0 saturated carbocycles. The van der Waals surface area contributed by atoms with Crippen molar-refractivity contribution >= 4 is 97.1 Å². The SMILES string of the molecule is CCn1cc(-c2cc(C(F)F)nc3sc(C(N)=O)c(NC(=O)c4ccc(COc5c(Cl)c(Cl)c(Cl)c(Cl)c5Cl)o4)c23)c(C)n1. The second-order valence-corrected chi connectivity index (χ2v) is 12.0. The molecule has 1 aromatic carbocycles. The van der Waals surface area contributed by atoms with Gasteiger partial charge in [-0.05, 0) is 37.6 Å². The molecule has 0 aliphatic carbocycles. The molecule has 0 unspecified atom stereocenters. The van der Waals surface area contributed by atoms with Gasteiger partial charge in [-0.15, -0.1) is 11.3 Å². The molecule has 0 aliphatic heterocycles. The molecule has 0 spiro atoms. The van der Waals surface area contributed by atoms with Crippen molar-refractivity contribution in [3.05, 3.63) is 77.3 Å². The van der Waals surface area contributed by atoms with Crippen molar-refractivity contribution in [2.24, 2.45) is 5.73 Å². The molecule has 0 aliphatic rings. The Kier molecular flexibility index (Phi) is 9.31. The van der Waals surface area contributed by atoms with Gasteiger partial charge in [0.2, 0.25) is 0 Å². The minimum atomic E-state index is -2.90. The minimum Gasteiger partial charge on any atom is -0.482 e. The highest BCUT2D eigenvalue weighted by Gasteiger charge is 2.27. The standard InChI is InChI=1S/C27H18Cl5F2N5O4S/c1-3-39-7-12(9(2)38-39)11-6-13(24(33)34)36-27-15(11)21(23(44-27)25(35)40)37-26(41)14-5-4-10(43-14)8-42-22-19(31)17(29)16(28)18(30)20(22)32/h4-7,24H,3,8H2,1-2H3,(H2,35,40)(H,37,41). The molecule has 230 valence electrons. The second kappa shape index (κ2) is 12.7. The van der Waals surface area contributed by atoms with Crippen LogP contribution in [-0.4, -0.2) is 26.6 Å². The number of nitrogens with zero attached hydrogens (tertiary/aromatic N) is 3. The number of rotatable bonds is 9. The molecule has 2 amide bonds. The normalized spacial score (nSPS) is 11.5. The Balaban J connectivity index is 1.50. The summed E-state index contributed by atoms with van der Waals surface area (Å²) in [5.74, 6) is -1.69. The summed E-state index contributed by atoms with van der Waals surface area (Å²) in [6.45, 7) is 3.88. The zero-order valence-corrected chi connectivity index (χ0v) is 27.0. The van der Waals surface area contributed by atoms with Gasteiger partial charge >= 0.3 is 0 Å². The molecule has 5 aromatic rings. The van der Waals surface area contributed by atoms with Gasteiger partial charge in [0.25, 0.3) is 18.2 Å². The molecule has 4 heterocycles. The van der Waals surface area contributed by atoms with Gasteiger partial charge in [-0.25, -0.2) is 13.8 Å². The van der Waals surface area contributed by atoms with Crippen LogP contribution in [0.1, 0.15) is 50.7 Å². The van der Waals surface area contributed by atoms with Crippen LogP contribution in [0.4, 0.5) is 14.5 Å². The van der Waals surface area contributed by atoms with Crippen LogP contribution in [0.25, 0.3) is 21.3 Å². The van der Waals surface area contributed by atoms with Crippen molar-refractivity contribution in [2.75, 3.05) is 5.32 Å². The summed E-state index contributed by atoms with van der Waals surface area (Å²) in [5.41, 5.74) is 6.47. The molecule has 0 fully saturated rings. The summed E-state index contributed by atoms with van der Waals surface area (Å²) >= 11 is 31.3. The number of primary amides is 1. The lowest BCUT2D eigenvalue weighted by Gasteiger charge is -2.13. The number of aromatic nitrogens is 3. The number of pyridine rings is 1. The zero-order chi connectivity index (χ0) is 32.0. The number of thiophene rings is 1. The van der Waals surface area contributed by atoms with E-state index >= 15 is 0 Å². The predicted octanol–water partition coefficient (Wildman–Crippen LogP) is 9.22. The van der Waals surface area contributed by atoms with E-state index in [0.29, 0.717) is 23.4 Å². The summed E-state index contributed by atoms with van der Waals surface area (Å²) in [6, 6.07) is 4.03. The molecule has 0 atom stereocenters. The molecule has 5 rings (SSSR count). The average molecular weight is 724 g/mol. The van der Waals surface area contributed by atoms with E-state index < -0.39 is 23.9 Å². The summed E-state index contributed by atoms with van der Waals surface area (Å²) < 4.78 is 40.6. The molecule has 9 nitrogen and oxygen atoms in total. The minimum absolute atomic E-state index is 0.00678. The molecule has 0 bridgehead atoms. The number of alkyl halides is 2. The Morgan fingerprint density at radius 3 is 2.34 bits per heavy atom. The monoisotopic (exact) mass is 721 g/mol. The Hall–Kier alpha value is -3.13. The number of halogens is 7. The maximum atomic E-state index is 13.8. The number of nitrogens with two attached hydrogens (primary N) is 1. The van der Waals surface area contributed by atoms with Crippen LogP contribution in [-0.2, 0) is 13.2 Å². The van der Waals surface area contributed by atoms with Crippen LogP contribution in [0.5, 0.6) is 5.75 Å². The molecule has 0 saturated heterocycles. The molecule has 44 heavy (non-hydrogen) atoms. The number of carbonyl (C=O) groups is 2. The summed E-state index contributed by atoms with van der Waals surface area (Å²) in [5, 5.41) is 7.00. The van der Waals surface area contributed by atoms with Gasteiger partial charge in [0.05, 0.1) is 26.4 Å². The first-order chi connectivity index (χ1) is 20.8.